The molecule has 0 aliphatic rings. The summed E-state index contributed by atoms with van der Waals surface area (Å²) in [6.45, 7) is 0.586. The smallest absolute Gasteiger partial charge is 0.417 e. The molecule has 1 N–H and O–H groups in total. The number of hydrogen-bond acceptors (Lipinski definition) is 9. The molecular formula is C23H21F4N3O8S. The van der Waals surface area contributed by atoms with Gasteiger partial charge >= 0.3 is 12.1 Å². The number of benzene rings is 2. The van der Waals surface area contributed by atoms with Crippen LogP contribution in [-0.2, 0) is 35.2 Å². The van der Waals surface area contributed by atoms with Crippen LogP contribution in [0.15, 0.2) is 47.4 Å². The SMILES string of the molecule is CC(CS(=O)(=O)c1ccc(F)cc1)(OC(=O)CCCCO[N+](=O)[O-])C(=O)Nc1ccc(C#N)c(C(F)(F)F)c1. The van der Waals surface area contributed by atoms with E-state index in [0.29, 0.717) is 6.07 Å². The van der Waals surface area contributed by atoms with E-state index < -0.39 is 78.3 Å². The number of nitrogens with zero attached hydrogens (tertiary/aromatic N) is 2. The van der Waals surface area contributed by atoms with Gasteiger partial charge < -0.3 is 14.9 Å². The van der Waals surface area contributed by atoms with E-state index >= 15 is 0 Å². The van der Waals surface area contributed by atoms with Crippen LogP contribution in [0.5, 0.6) is 0 Å². The molecule has 16 heteroatoms. The van der Waals surface area contributed by atoms with Gasteiger partial charge in [0.15, 0.2) is 9.84 Å². The quantitative estimate of drug-likeness (QED) is 0.0989. The molecule has 0 aliphatic carbocycles. The number of sulfone groups is 1. The van der Waals surface area contributed by atoms with E-state index in [9.17, 15) is 45.7 Å². The molecule has 0 saturated heterocycles. The Kier molecular flexibility index (Phi) is 9.94. The van der Waals surface area contributed by atoms with Crippen LogP contribution in [0.3, 0.4) is 0 Å². The number of carbonyl (C=O) groups is 2. The molecule has 2 aromatic rings. The van der Waals surface area contributed by atoms with Gasteiger partial charge in [-0.2, -0.15) is 18.4 Å². The van der Waals surface area contributed by atoms with Gasteiger partial charge in [0, 0.05) is 12.1 Å². The maximum Gasteiger partial charge on any atom is 0.417 e. The summed E-state index contributed by atoms with van der Waals surface area (Å²) in [5, 5.41) is 20.2. The number of ether oxygens (including phenoxy) is 1. The number of alkyl halides is 3. The van der Waals surface area contributed by atoms with Crippen LogP contribution in [0.1, 0.15) is 37.3 Å². The number of carbonyl (C=O) groups excluding carboxylic acids is 2. The van der Waals surface area contributed by atoms with Crippen molar-refractivity contribution < 1.29 is 50.2 Å². The molecule has 1 amide bonds. The zero-order chi connectivity index (χ0) is 29.4. The number of esters is 1. The molecule has 0 fully saturated rings. The van der Waals surface area contributed by atoms with Gasteiger partial charge in [-0.25, -0.2) is 12.8 Å². The fourth-order valence-electron chi connectivity index (χ4n) is 3.26. The summed E-state index contributed by atoms with van der Waals surface area (Å²) in [5.41, 5.74) is -5.05. The van der Waals surface area contributed by atoms with Crippen LogP contribution in [0.4, 0.5) is 23.2 Å². The van der Waals surface area contributed by atoms with Crippen LogP contribution in [0, 0.1) is 27.3 Å². The highest BCUT2D eigenvalue weighted by molar-refractivity contribution is 7.91. The maximum atomic E-state index is 13.3. The average molecular weight is 575 g/mol. The third kappa shape index (κ3) is 8.92. The zero-order valence-corrected chi connectivity index (χ0v) is 21.0. The third-order valence-corrected chi connectivity index (χ3v) is 7.05. The number of amides is 1. The van der Waals surface area contributed by atoms with E-state index in [0.717, 1.165) is 43.3 Å². The molecule has 0 aromatic heterocycles. The molecule has 0 spiro atoms. The third-order valence-electron chi connectivity index (χ3n) is 5.13. The second-order valence-electron chi connectivity index (χ2n) is 8.26. The van der Waals surface area contributed by atoms with Crippen molar-refractivity contribution in [3.8, 4) is 6.07 Å². The summed E-state index contributed by atoms with van der Waals surface area (Å²) < 4.78 is 84.4. The number of anilines is 1. The molecule has 0 aliphatic heterocycles. The van der Waals surface area contributed by atoms with Crippen molar-refractivity contribution in [1.29, 1.82) is 5.26 Å². The summed E-state index contributed by atoms with van der Waals surface area (Å²) in [6, 6.07) is 7.12. The largest absolute Gasteiger partial charge is 0.448 e. The Balaban J connectivity index is 2.34. The highest BCUT2D eigenvalue weighted by Gasteiger charge is 2.43. The summed E-state index contributed by atoms with van der Waals surface area (Å²) >= 11 is 0. The van der Waals surface area contributed by atoms with Gasteiger partial charge in [0.2, 0.25) is 5.60 Å². The molecule has 1 atom stereocenters. The predicted molar refractivity (Wildman–Crippen MR) is 125 cm³/mol. The van der Waals surface area contributed by atoms with Crippen LogP contribution in [-0.4, -0.2) is 43.3 Å². The van der Waals surface area contributed by atoms with Crippen molar-refractivity contribution in [2.75, 3.05) is 17.7 Å². The standard InChI is InChI=1S/C23H21F4N3O8S/c1-22(38-20(31)4-2-3-11-37-30(33)34,14-39(35,36)18-9-6-16(24)7-10-18)21(32)29-17-8-5-15(13-28)19(12-17)23(25,26)27/h5-10,12H,2-4,11,14H2,1H3,(H,29,32). The summed E-state index contributed by atoms with van der Waals surface area (Å²) in [7, 11) is -4.42. The monoisotopic (exact) mass is 575 g/mol. The van der Waals surface area contributed by atoms with Crippen molar-refractivity contribution in [3.05, 3.63) is 69.5 Å². The first-order valence-electron chi connectivity index (χ1n) is 11.0. The number of halogens is 4. The minimum atomic E-state index is -4.95. The fraction of sp³-hybridized carbons (Fsp3) is 0.348. The first-order chi connectivity index (χ1) is 18.1. The van der Waals surface area contributed by atoms with Gasteiger partial charge in [0.05, 0.1) is 28.7 Å². The molecule has 210 valence electrons. The maximum absolute atomic E-state index is 13.3. The lowest BCUT2D eigenvalue weighted by Gasteiger charge is -2.28. The summed E-state index contributed by atoms with van der Waals surface area (Å²) in [6.07, 6.45) is -5.32. The lowest BCUT2D eigenvalue weighted by atomic mass is 10.1. The van der Waals surface area contributed by atoms with E-state index in [4.69, 9.17) is 10.00 Å². The Morgan fingerprint density at radius 2 is 1.77 bits per heavy atom. The first kappa shape index (κ1) is 31.0. The fourth-order valence-corrected chi connectivity index (χ4v) is 4.89. The van der Waals surface area contributed by atoms with E-state index in [-0.39, 0.29) is 19.4 Å². The lowest BCUT2D eigenvalue weighted by molar-refractivity contribution is -0.757. The molecule has 1 unspecified atom stereocenters. The molecular weight excluding hydrogens is 554 g/mol. The van der Waals surface area contributed by atoms with E-state index in [1.165, 1.54) is 6.07 Å². The molecule has 11 nitrogen and oxygen atoms in total. The average Bonchev–Trinajstić information content (AvgIpc) is 2.82. The second-order valence-corrected chi connectivity index (χ2v) is 10.2. The van der Waals surface area contributed by atoms with Crippen molar-refractivity contribution in [3.63, 3.8) is 0 Å². The van der Waals surface area contributed by atoms with Gasteiger partial charge in [-0.15, -0.1) is 10.1 Å². The van der Waals surface area contributed by atoms with Crippen LogP contribution in [0.2, 0.25) is 0 Å². The van der Waals surface area contributed by atoms with Crippen molar-refractivity contribution >= 4 is 27.4 Å². The Morgan fingerprint density at radius 1 is 1.13 bits per heavy atom. The Labute approximate surface area is 219 Å². The number of nitriles is 1. The molecule has 0 bridgehead atoms. The van der Waals surface area contributed by atoms with E-state index in [1.54, 1.807) is 0 Å². The highest BCUT2D eigenvalue weighted by atomic mass is 32.2. The Morgan fingerprint density at radius 3 is 2.33 bits per heavy atom. The van der Waals surface area contributed by atoms with Crippen molar-refractivity contribution in [1.82, 2.24) is 0 Å². The predicted octanol–water partition coefficient (Wildman–Crippen LogP) is 3.81. The van der Waals surface area contributed by atoms with E-state index in [2.05, 4.69) is 10.2 Å². The molecule has 0 heterocycles. The van der Waals surface area contributed by atoms with Gasteiger partial charge in [0.25, 0.3) is 11.0 Å². The summed E-state index contributed by atoms with van der Waals surface area (Å²) in [5.74, 6) is -4.31. The molecule has 2 rings (SSSR count). The number of nitrogens with one attached hydrogen (secondary N) is 1. The number of rotatable bonds is 12. The normalized spacial score (nSPS) is 13.0. The number of hydrogen-bond donors (Lipinski definition) is 1. The van der Waals surface area contributed by atoms with Crippen molar-refractivity contribution in [2.45, 2.75) is 42.9 Å². The minimum Gasteiger partial charge on any atom is -0.448 e. The minimum absolute atomic E-state index is 0.000348. The Hall–Kier alpha value is -4.26. The molecule has 39 heavy (non-hydrogen) atoms. The van der Waals surface area contributed by atoms with Crippen LogP contribution in [0.25, 0.3) is 0 Å². The van der Waals surface area contributed by atoms with Gasteiger partial charge in [0.1, 0.15) is 11.6 Å². The van der Waals surface area contributed by atoms with Gasteiger partial charge in [-0.3, -0.25) is 9.59 Å². The van der Waals surface area contributed by atoms with Crippen LogP contribution < -0.4 is 5.32 Å². The van der Waals surface area contributed by atoms with Gasteiger partial charge in [-0.05, 0) is 62.2 Å². The highest BCUT2D eigenvalue weighted by Crippen LogP contribution is 2.34. The van der Waals surface area contributed by atoms with Gasteiger partial charge in [-0.1, -0.05) is 0 Å². The Bertz CT molecular complexity index is 1380. The molecule has 0 radical (unpaired) electrons. The zero-order valence-electron chi connectivity index (χ0n) is 20.2. The molecule has 0 saturated carbocycles. The van der Waals surface area contributed by atoms with Crippen molar-refractivity contribution in [2.24, 2.45) is 0 Å². The second kappa shape index (κ2) is 12.5. The first-order valence-corrected chi connectivity index (χ1v) is 12.6. The topological polar surface area (TPSA) is 166 Å². The molecule has 2 aromatic carbocycles. The lowest BCUT2D eigenvalue weighted by Crippen LogP contribution is -2.49. The van der Waals surface area contributed by atoms with Crippen LogP contribution >= 0.6 is 0 Å². The van der Waals surface area contributed by atoms with E-state index in [1.807, 2.05) is 0 Å². The summed E-state index contributed by atoms with van der Waals surface area (Å²) in [4.78, 5) is 39.4. The number of unbranched alkanes of at least 4 members (excludes halogenated alkanes) is 1.